The van der Waals surface area contributed by atoms with Gasteiger partial charge in [-0.05, 0) is 38.2 Å². The predicted octanol–water partition coefficient (Wildman–Crippen LogP) is 3.80. The van der Waals surface area contributed by atoms with Crippen LogP contribution in [0.5, 0.6) is 5.88 Å². The van der Waals surface area contributed by atoms with Crippen molar-refractivity contribution >= 4 is 10.9 Å². The van der Waals surface area contributed by atoms with E-state index in [4.69, 9.17) is 9.84 Å². The van der Waals surface area contributed by atoms with Crippen molar-refractivity contribution < 1.29 is 4.74 Å². The van der Waals surface area contributed by atoms with Gasteiger partial charge < -0.3 is 9.64 Å². The fraction of sp³-hybridized carbons (Fsp3) is 0.350. The fourth-order valence-corrected chi connectivity index (χ4v) is 2.89. The molecule has 4 heteroatoms. The topological polar surface area (TPSA) is 30.3 Å². The van der Waals surface area contributed by atoms with E-state index in [9.17, 15) is 0 Å². The molecule has 0 aliphatic carbocycles. The van der Waals surface area contributed by atoms with Crippen LogP contribution in [0.15, 0.2) is 54.6 Å². The molecule has 0 aliphatic rings. The zero-order valence-electron chi connectivity index (χ0n) is 14.6. The molecule has 1 aromatic heterocycles. The number of nitrogens with zero attached hydrogens (tertiary/aromatic N) is 3. The van der Waals surface area contributed by atoms with E-state index in [2.05, 4.69) is 62.3 Å². The zero-order chi connectivity index (χ0) is 16.9. The first-order valence-electron chi connectivity index (χ1n) is 8.47. The molecule has 0 spiro atoms. The van der Waals surface area contributed by atoms with Gasteiger partial charge in [0.2, 0.25) is 5.88 Å². The molecule has 0 saturated carbocycles. The number of ether oxygens (including phenoxy) is 1. The summed E-state index contributed by atoms with van der Waals surface area (Å²) in [6, 6.07) is 19.0. The highest BCUT2D eigenvalue weighted by atomic mass is 16.5. The molecule has 2 aromatic carbocycles. The summed E-state index contributed by atoms with van der Waals surface area (Å²) < 4.78 is 8.10. The van der Waals surface area contributed by atoms with Crippen LogP contribution >= 0.6 is 0 Å². The second-order valence-electron chi connectivity index (χ2n) is 6.30. The van der Waals surface area contributed by atoms with Crippen LogP contribution in [0.4, 0.5) is 0 Å². The summed E-state index contributed by atoms with van der Waals surface area (Å²) >= 11 is 0. The summed E-state index contributed by atoms with van der Waals surface area (Å²) in [5.74, 6) is 0.724. The van der Waals surface area contributed by atoms with Crippen LogP contribution in [-0.4, -0.2) is 41.4 Å². The lowest BCUT2D eigenvalue weighted by atomic mass is 10.2. The van der Waals surface area contributed by atoms with Crippen LogP contribution in [0.3, 0.4) is 0 Å². The van der Waals surface area contributed by atoms with Gasteiger partial charge in [-0.25, -0.2) is 0 Å². The minimum Gasteiger partial charge on any atom is -0.475 e. The Morgan fingerprint density at radius 3 is 2.46 bits per heavy atom. The van der Waals surface area contributed by atoms with Gasteiger partial charge in [0.15, 0.2) is 0 Å². The van der Waals surface area contributed by atoms with E-state index in [-0.39, 0.29) is 0 Å². The number of para-hydroxylation sites is 1. The van der Waals surface area contributed by atoms with Gasteiger partial charge >= 0.3 is 0 Å². The molecule has 1 atom stereocenters. The van der Waals surface area contributed by atoms with Gasteiger partial charge in [-0.2, -0.15) is 0 Å². The molecule has 126 valence electrons. The highest BCUT2D eigenvalue weighted by molar-refractivity contribution is 5.84. The third-order valence-corrected chi connectivity index (χ3v) is 4.41. The monoisotopic (exact) mass is 323 g/mol. The number of hydrogen-bond donors (Lipinski definition) is 0. The van der Waals surface area contributed by atoms with Crippen molar-refractivity contribution in [2.75, 3.05) is 20.7 Å². The molecule has 0 bridgehead atoms. The zero-order valence-corrected chi connectivity index (χ0v) is 14.6. The molecule has 1 heterocycles. The van der Waals surface area contributed by atoms with E-state index in [0.29, 0.717) is 12.6 Å². The molecule has 24 heavy (non-hydrogen) atoms. The molecule has 4 nitrogen and oxygen atoms in total. The maximum absolute atomic E-state index is 6.08. The number of benzene rings is 2. The number of fused-ring (bicyclic) bond motifs is 1. The van der Waals surface area contributed by atoms with E-state index in [1.165, 1.54) is 5.56 Å². The predicted molar refractivity (Wildman–Crippen MR) is 98.5 cm³/mol. The third-order valence-electron chi connectivity index (χ3n) is 4.41. The van der Waals surface area contributed by atoms with Gasteiger partial charge in [0.1, 0.15) is 6.61 Å². The molecule has 0 fully saturated rings. The number of hydrogen-bond acceptors (Lipinski definition) is 3. The summed E-state index contributed by atoms with van der Waals surface area (Å²) in [5, 5.41) is 5.80. The largest absolute Gasteiger partial charge is 0.475 e. The van der Waals surface area contributed by atoms with Crippen molar-refractivity contribution in [3.8, 4) is 5.88 Å². The SMILES string of the molecule is CCC(COc1nn(Cc2ccccc2)c2ccccc12)N(C)C. The molecule has 0 amide bonds. The molecular weight excluding hydrogens is 298 g/mol. The summed E-state index contributed by atoms with van der Waals surface area (Å²) in [6.07, 6.45) is 1.05. The first kappa shape index (κ1) is 16.5. The Bertz CT molecular complexity index is 780. The fourth-order valence-electron chi connectivity index (χ4n) is 2.89. The van der Waals surface area contributed by atoms with Crippen molar-refractivity contribution in [1.29, 1.82) is 0 Å². The lowest BCUT2D eigenvalue weighted by Gasteiger charge is -2.22. The van der Waals surface area contributed by atoms with Crippen LogP contribution in [0, 0.1) is 0 Å². The Labute approximate surface area is 143 Å². The van der Waals surface area contributed by atoms with E-state index < -0.39 is 0 Å². The second kappa shape index (κ2) is 7.49. The average molecular weight is 323 g/mol. The van der Waals surface area contributed by atoms with Crippen LogP contribution in [0.2, 0.25) is 0 Å². The highest BCUT2D eigenvalue weighted by Gasteiger charge is 2.15. The lowest BCUT2D eigenvalue weighted by Crippen LogP contribution is -2.33. The van der Waals surface area contributed by atoms with Crippen molar-refractivity contribution in [2.24, 2.45) is 0 Å². The Morgan fingerprint density at radius 1 is 1.04 bits per heavy atom. The number of rotatable bonds is 7. The molecule has 1 unspecified atom stereocenters. The van der Waals surface area contributed by atoms with Crippen LogP contribution in [0.1, 0.15) is 18.9 Å². The van der Waals surface area contributed by atoms with Crippen molar-refractivity contribution in [2.45, 2.75) is 25.9 Å². The van der Waals surface area contributed by atoms with Gasteiger partial charge in [0.05, 0.1) is 17.4 Å². The molecule has 0 N–H and O–H groups in total. The first-order chi connectivity index (χ1) is 11.7. The summed E-state index contributed by atoms with van der Waals surface area (Å²) in [7, 11) is 4.17. The molecule has 3 rings (SSSR count). The minimum absolute atomic E-state index is 0.392. The summed E-state index contributed by atoms with van der Waals surface area (Å²) in [4.78, 5) is 2.20. The third kappa shape index (κ3) is 3.60. The van der Waals surface area contributed by atoms with E-state index in [0.717, 1.165) is 29.7 Å². The second-order valence-corrected chi connectivity index (χ2v) is 6.30. The Kier molecular flexibility index (Phi) is 5.16. The van der Waals surface area contributed by atoms with Gasteiger partial charge in [-0.15, -0.1) is 5.10 Å². The molecule has 0 radical (unpaired) electrons. The van der Waals surface area contributed by atoms with Crippen LogP contribution in [0.25, 0.3) is 10.9 Å². The van der Waals surface area contributed by atoms with Gasteiger partial charge in [-0.1, -0.05) is 49.4 Å². The Hall–Kier alpha value is -2.33. The van der Waals surface area contributed by atoms with E-state index >= 15 is 0 Å². The molecule has 0 aliphatic heterocycles. The van der Waals surface area contributed by atoms with Crippen LogP contribution < -0.4 is 4.74 Å². The quantitative estimate of drug-likeness (QED) is 0.662. The Morgan fingerprint density at radius 2 is 1.75 bits per heavy atom. The molecule has 0 saturated heterocycles. The molecular formula is C20H25N3O. The van der Waals surface area contributed by atoms with Gasteiger partial charge in [0, 0.05) is 6.04 Å². The average Bonchev–Trinajstić information content (AvgIpc) is 2.94. The lowest BCUT2D eigenvalue weighted by molar-refractivity contribution is 0.177. The highest BCUT2D eigenvalue weighted by Crippen LogP contribution is 2.25. The standard InChI is InChI=1S/C20H25N3O/c1-4-17(22(2)3)15-24-20-18-12-8-9-13-19(18)23(21-20)14-16-10-6-5-7-11-16/h5-13,17H,4,14-15H2,1-3H3. The summed E-state index contributed by atoms with van der Waals surface area (Å²) in [6.45, 7) is 3.57. The number of likely N-dealkylation sites (N-methyl/N-ethyl adjacent to an activating group) is 1. The normalized spacial score (nSPS) is 12.7. The Balaban J connectivity index is 1.86. The summed E-state index contributed by atoms with van der Waals surface area (Å²) in [5.41, 5.74) is 2.34. The van der Waals surface area contributed by atoms with Crippen molar-refractivity contribution in [3.05, 3.63) is 60.2 Å². The van der Waals surface area contributed by atoms with Gasteiger partial charge in [0.25, 0.3) is 0 Å². The van der Waals surface area contributed by atoms with Gasteiger partial charge in [-0.3, -0.25) is 4.68 Å². The first-order valence-corrected chi connectivity index (χ1v) is 8.47. The minimum atomic E-state index is 0.392. The van der Waals surface area contributed by atoms with Crippen molar-refractivity contribution in [3.63, 3.8) is 0 Å². The van der Waals surface area contributed by atoms with E-state index in [1.54, 1.807) is 0 Å². The van der Waals surface area contributed by atoms with E-state index in [1.807, 2.05) is 22.9 Å². The van der Waals surface area contributed by atoms with Crippen molar-refractivity contribution in [1.82, 2.24) is 14.7 Å². The van der Waals surface area contributed by atoms with Crippen LogP contribution in [-0.2, 0) is 6.54 Å². The number of aromatic nitrogens is 2. The maximum atomic E-state index is 6.08. The smallest absolute Gasteiger partial charge is 0.240 e. The molecule has 3 aromatic rings. The maximum Gasteiger partial charge on any atom is 0.240 e.